The fourth-order valence-electron chi connectivity index (χ4n) is 2.61. The molecule has 0 saturated heterocycles. The van der Waals surface area contributed by atoms with Gasteiger partial charge in [0.15, 0.2) is 0 Å². The van der Waals surface area contributed by atoms with Crippen molar-refractivity contribution >= 4 is 11.7 Å². The molecular formula is C16H21FN4O2. The number of carbonyl (C=O) groups is 1. The lowest BCUT2D eigenvalue weighted by Crippen LogP contribution is -2.31. The second kappa shape index (κ2) is 6.68. The van der Waals surface area contributed by atoms with Crippen molar-refractivity contribution in [3.63, 3.8) is 0 Å². The van der Waals surface area contributed by atoms with Crippen molar-refractivity contribution in [2.75, 3.05) is 12.4 Å². The summed E-state index contributed by atoms with van der Waals surface area (Å²) < 4.78 is 20.0. The number of hydrogen-bond donors (Lipinski definition) is 2. The Hall–Kier alpha value is -2.57. The van der Waals surface area contributed by atoms with Gasteiger partial charge in [-0.15, -0.1) is 0 Å². The van der Waals surface area contributed by atoms with E-state index in [1.165, 1.54) is 25.3 Å². The number of rotatable bonds is 4. The summed E-state index contributed by atoms with van der Waals surface area (Å²) >= 11 is 0. The SMILES string of the molecule is COc1cc(F)ccc1NC(=O)N[C@H](C)c1c(C)nn(C)c1C. The normalized spacial score (nSPS) is 11.9. The van der Waals surface area contributed by atoms with Crippen molar-refractivity contribution < 1.29 is 13.9 Å². The van der Waals surface area contributed by atoms with Gasteiger partial charge < -0.3 is 15.4 Å². The van der Waals surface area contributed by atoms with Crippen LogP contribution in [0.15, 0.2) is 18.2 Å². The fraction of sp³-hybridized carbons (Fsp3) is 0.375. The number of aryl methyl sites for hydroxylation is 2. The van der Waals surface area contributed by atoms with Crippen LogP contribution in [0.3, 0.4) is 0 Å². The monoisotopic (exact) mass is 320 g/mol. The Morgan fingerprint density at radius 3 is 2.65 bits per heavy atom. The zero-order valence-corrected chi connectivity index (χ0v) is 13.9. The molecule has 1 atom stereocenters. The van der Waals surface area contributed by atoms with E-state index >= 15 is 0 Å². The Bertz CT molecular complexity index is 727. The third-order valence-electron chi connectivity index (χ3n) is 3.76. The molecule has 1 aromatic carbocycles. The van der Waals surface area contributed by atoms with Gasteiger partial charge in [0.25, 0.3) is 0 Å². The summed E-state index contributed by atoms with van der Waals surface area (Å²) in [6.45, 7) is 5.74. The third kappa shape index (κ3) is 3.61. The molecule has 0 fully saturated rings. The molecule has 6 nitrogen and oxygen atoms in total. The zero-order chi connectivity index (χ0) is 17.1. The second-order valence-electron chi connectivity index (χ2n) is 5.37. The van der Waals surface area contributed by atoms with Gasteiger partial charge in [0.1, 0.15) is 11.6 Å². The molecule has 0 aliphatic rings. The van der Waals surface area contributed by atoms with E-state index in [9.17, 15) is 9.18 Å². The maximum Gasteiger partial charge on any atom is 0.319 e. The van der Waals surface area contributed by atoms with E-state index in [0.29, 0.717) is 5.69 Å². The van der Waals surface area contributed by atoms with E-state index < -0.39 is 11.8 Å². The zero-order valence-electron chi connectivity index (χ0n) is 13.9. The van der Waals surface area contributed by atoms with E-state index in [1.54, 1.807) is 4.68 Å². The molecule has 7 heteroatoms. The van der Waals surface area contributed by atoms with Crippen molar-refractivity contribution in [1.29, 1.82) is 0 Å². The number of amides is 2. The van der Waals surface area contributed by atoms with Gasteiger partial charge in [0.2, 0.25) is 0 Å². The molecule has 2 aromatic rings. The topological polar surface area (TPSA) is 68.2 Å². The molecule has 0 unspecified atom stereocenters. The molecule has 0 bridgehead atoms. The molecule has 1 heterocycles. The lowest BCUT2D eigenvalue weighted by Gasteiger charge is -2.16. The van der Waals surface area contributed by atoms with Crippen LogP contribution in [0.5, 0.6) is 5.75 Å². The summed E-state index contributed by atoms with van der Waals surface area (Å²) in [7, 11) is 3.28. The number of methoxy groups -OCH3 is 1. The molecule has 2 rings (SSSR count). The molecule has 0 spiro atoms. The van der Waals surface area contributed by atoms with E-state index in [-0.39, 0.29) is 11.8 Å². The molecular weight excluding hydrogens is 299 g/mol. The number of nitrogens with zero attached hydrogens (tertiary/aromatic N) is 2. The van der Waals surface area contributed by atoms with Crippen LogP contribution < -0.4 is 15.4 Å². The van der Waals surface area contributed by atoms with Gasteiger partial charge in [0.05, 0.1) is 24.5 Å². The van der Waals surface area contributed by atoms with E-state index in [2.05, 4.69) is 15.7 Å². The summed E-state index contributed by atoms with van der Waals surface area (Å²) in [4.78, 5) is 12.2. The van der Waals surface area contributed by atoms with Crippen molar-refractivity contribution in [2.45, 2.75) is 26.8 Å². The molecule has 0 saturated carbocycles. The maximum atomic E-state index is 13.2. The van der Waals surface area contributed by atoms with Crippen LogP contribution in [0, 0.1) is 19.7 Å². The van der Waals surface area contributed by atoms with Gasteiger partial charge in [-0.2, -0.15) is 5.10 Å². The van der Waals surface area contributed by atoms with Crippen molar-refractivity contribution in [3.8, 4) is 5.75 Å². The van der Waals surface area contributed by atoms with Crippen molar-refractivity contribution in [1.82, 2.24) is 15.1 Å². The van der Waals surface area contributed by atoms with E-state index in [0.717, 1.165) is 17.0 Å². The highest BCUT2D eigenvalue weighted by Crippen LogP contribution is 2.25. The number of ether oxygens (including phenoxy) is 1. The number of halogens is 1. The number of benzene rings is 1. The molecule has 0 aliphatic heterocycles. The number of hydrogen-bond acceptors (Lipinski definition) is 3. The van der Waals surface area contributed by atoms with Gasteiger partial charge in [-0.25, -0.2) is 9.18 Å². The third-order valence-corrected chi connectivity index (χ3v) is 3.76. The summed E-state index contributed by atoms with van der Waals surface area (Å²) in [6, 6.07) is 3.32. The molecule has 0 radical (unpaired) electrons. The van der Waals surface area contributed by atoms with Crippen LogP contribution in [-0.2, 0) is 7.05 Å². The van der Waals surface area contributed by atoms with Gasteiger partial charge in [0, 0.05) is 24.4 Å². The average molecular weight is 320 g/mol. The maximum absolute atomic E-state index is 13.2. The van der Waals surface area contributed by atoms with Crippen LogP contribution in [0.2, 0.25) is 0 Å². The van der Waals surface area contributed by atoms with Gasteiger partial charge in [-0.1, -0.05) is 0 Å². The van der Waals surface area contributed by atoms with E-state index in [4.69, 9.17) is 4.74 Å². The molecule has 124 valence electrons. The quantitative estimate of drug-likeness (QED) is 0.910. The van der Waals surface area contributed by atoms with Crippen LogP contribution in [0.25, 0.3) is 0 Å². The van der Waals surface area contributed by atoms with Crippen LogP contribution >= 0.6 is 0 Å². The predicted molar refractivity (Wildman–Crippen MR) is 86.2 cm³/mol. The lowest BCUT2D eigenvalue weighted by atomic mass is 10.1. The summed E-state index contributed by atoms with van der Waals surface area (Å²) in [5, 5.41) is 9.86. The first-order chi connectivity index (χ1) is 10.8. The van der Waals surface area contributed by atoms with Gasteiger partial charge >= 0.3 is 6.03 Å². The predicted octanol–water partition coefficient (Wildman–Crippen LogP) is 3.07. The first-order valence-electron chi connectivity index (χ1n) is 7.24. The lowest BCUT2D eigenvalue weighted by molar-refractivity contribution is 0.249. The minimum atomic E-state index is -0.428. The highest BCUT2D eigenvalue weighted by molar-refractivity contribution is 5.91. The van der Waals surface area contributed by atoms with E-state index in [1.807, 2.05) is 27.8 Å². The Labute approximate surface area is 134 Å². The van der Waals surface area contributed by atoms with Crippen LogP contribution in [0.4, 0.5) is 14.9 Å². The molecule has 1 aromatic heterocycles. The largest absolute Gasteiger partial charge is 0.494 e. The van der Waals surface area contributed by atoms with Gasteiger partial charge in [-0.05, 0) is 32.9 Å². The summed E-state index contributed by atoms with van der Waals surface area (Å²) in [6.07, 6.45) is 0. The summed E-state index contributed by atoms with van der Waals surface area (Å²) in [5.41, 5.74) is 3.25. The highest BCUT2D eigenvalue weighted by atomic mass is 19.1. The first kappa shape index (κ1) is 16.8. The van der Waals surface area contributed by atoms with Crippen molar-refractivity contribution in [2.24, 2.45) is 7.05 Å². The second-order valence-corrected chi connectivity index (χ2v) is 5.37. The number of anilines is 1. The fourth-order valence-corrected chi connectivity index (χ4v) is 2.61. The van der Waals surface area contributed by atoms with Crippen LogP contribution in [0.1, 0.15) is 29.9 Å². The Morgan fingerprint density at radius 1 is 1.39 bits per heavy atom. The molecule has 2 N–H and O–H groups in total. The standard InChI is InChI=1S/C16H21FN4O2/c1-9(15-10(2)20-21(4)11(15)3)18-16(22)19-13-7-6-12(17)8-14(13)23-5/h6-9H,1-5H3,(H2,18,19,22)/t9-/m1/s1. The number of carbonyl (C=O) groups excluding carboxylic acids is 1. The van der Waals surface area contributed by atoms with Crippen LogP contribution in [-0.4, -0.2) is 22.9 Å². The average Bonchev–Trinajstić information content (AvgIpc) is 2.73. The smallest absolute Gasteiger partial charge is 0.319 e. The van der Waals surface area contributed by atoms with Gasteiger partial charge in [-0.3, -0.25) is 4.68 Å². The number of aromatic nitrogens is 2. The molecule has 2 amide bonds. The molecule has 23 heavy (non-hydrogen) atoms. The molecule has 0 aliphatic carbocycles. The highest BCUT2D eigenvalue weighted by Gasteiger charge is 2.18. The minimum Gasteiger partial charge on any atom is -0.494 e. The Balaban J connectivity index is 2.10. The Kier molecular flexibility index (Phi) is 4.88. The Morgan fingerprint density at radius 2 is 2.09 bits per heavy atom. The number of urea groups is 1. The minimum absolute atomic E-state index is 0.213. The number of nitrogens with one attached hydrogen (secondary N) is 2. The first-order valence-corrected chi connectivity index (χ1v) is 7.24. The summed E-state index contributed by atoms with van der Waals surface area (Å²) in [5.74, 6) is -0.163. The van der Waals surface area contributed by atoms with Crippen molar-refractivity contribution in [3.05, 3.63) is 41.0 Å².